The first-order valence-corrected chi connectivity index (χ1v) is 9.47. The Morgan fingerprint density at radius 2 is 2.07 bits per heavy atom. The van der Waals surface area contributed by atoms with Crippen molar-refractivity contribution in [1.82, 2.24) is 15.1 Å². The van der Waals surface area contributed by atoms with Gasteiger partial charge in [0.05, 0.1) is 6.04 Å². The van der Waals surface area contributed by atoms with E-state index in [-0.39, 0.29) is 24.0 Å². The normalized spacial score (nSPS) is 20.5. The summed E-state index contributed by atoms with van der Waals surface area (Å²) in [6.07, 6.45) is -3.96. The lowest BCUT2D eigenvalue weighted by molar-refractivity contribution is -0.173. The summed E-state index contributed by atoms with van der Waals surface area (Å²) in [5, 5.41) is 9.75. The minimum Gasteiger partial charge on any atom is -0.363 e. The number of rotatable bonds is 4. The maximum atomic E-state index is 13.7. The first kappa shape index (κ1) is 19.7. The van der Waals surface area contributed by atoms with E-state index in [0.717, 1.165) is 14.7 Å². The van der Waals surface area contributed by atoms with E-state index in [1.807, 2.05) is 13.8 Å². The molecule has 0 bridgehead atoms. The van der Waals surface area contributed by atoms with Crippen molar-refractivity contribution in [1.29, 1.82) is 0 Å². The Bertz CT molecular complexity index is 819. The van der Waals surface area contributed by atoms with Crippen molar-refractivity contribution >= 4 is 27.7 Å². The summed E-state index contributed by atoms with van der Waals surface area (Å²) >= 11 is 3.32. The van der Waals surface area contributed by atoms with Crippen LogP contribution in [0.25, 0.3) is 0 Å². The summed E-state index contributed by atoms with van der Waals surface area (Å²) < 4.78 is 42.7. The number of anilines is 1. The lowest BCUT2D eigenvalue weighted by Crippen LogP contribution is -2.36. The molecule has 1 amide bonds. The van der Waals surface area contributed by atoms with E-state index < -0.39 is 24.2 Å². The average molecular weight is 445 g/mol. The molecule has 0 aliphatic carbocycles. The number of alkyl halides is 3. The fourth-order valence-electron chi connectivity index (χ4n) is 3.00. The number of hydrogen-bond acceptors (Lipinski definition) is 3. The van der Waals surface area contributed by atoms with Crippen LogP contribution in [0.3, 0.4) is 0 Å². The second-order valence-electron chi connectivity index (χ2n) is 6.68. The third-order valence-corrected chi connectivity index (χ3v) is 5.21. The summed E-state index contributed by atoms with van der Waals surface area (Å²) in [6.45, 7) is 3.74. The lowest BCUT2D eigenvalue weighted by atomic mass is 9.97. The summed E-state index contributed by atoms with van der Waals surface area (Å²) in [5.74, 6) is -0.292. The van der Waals surface area contributed by atoms with Crippen molar-refractivity contribution in [2.24, 2.45) is 0 Å². The molecule has 2 aromatic rings. The highest BCUT2D eigenvalue weighted by molar-refractivity contribution is 9.10. The van der Waals surface area contributed by atoms with Crippen LogP contribution in [0.4, 0.5) is 19.0 Å². The van der Waals surface area contributed by atoms with E-state index in [9.17, 15) is 18.0 Å². The molecule has 5 nitrogen and oxygen atoms in total. The number of benzene rings is 1. The Kier molecular flexibility index (Phi) is 5.50. The minimum absolute atomic E-state index is 0.0245. The molecule has 0 spiro atoms. The monoisotopic (exact) mass is 444 g/mol. The second-order valence-corrected chi connectivity index (χ2v) is 7.60. The number of amides is 1. The lowest BCUT2D eigenvalue weighted by Gasteiger charge is -2.33. The Hall–Kier alpha value is -2.03. The number of hydrogen-bond donors (Lipinski definition) is 2. The zero-order valence-corrected chi connectivity index (χ0v) is 16.4. The van der Waals surface area contributed by atoms with Gasteiger partial charge in [0.25, 0.3) is 5.91 Å². The van der Waals surface area contributed by atoms with Gasteiger partial charge in [0.1, 0.15) is 5.82 Å². The largest absolute Gasteiger partial charge is 0.410 e. The molecule has 2 N–H and O–H groups in total. The highest BCUT2D eigenvalue weighted by atomic mass is 79.9. The van der Waals surface area contributed by atoms with Crippen molar-refractivity contribution in [3.8, 4) is 0 Å². The molecule has 0 radical (unpaired) electrons. The van der Waals surface area contributed by atoms with Gasteiger partial charge < -0.3 is 10.6 Å². The maximum Gasteiger partial charge on any atom is 0.410 e. The van der Waals surface area contributed by atoms with E-state index >= 15 is 0 Å². The molecule has 1 aliphatic heterocycles. The number of nitrogens with zero attached hydrogens (tertiary/aromatic N) is 2. The zero-order valence-electron chi connectivity index (χ0n) is 14.8. The molecule has 9 heteroatoms. The van der Waals surface area contributed by atoms with E-state index in [1.54, 1.807) is 24.3 Å². The van der Waals surface area contributed by atoms with Crippen LogP contribution in [-0.2, 0) is 0 Å². The van der Waals surface area contributed by atoms with Crippen molar-refractivity contribution in [2.75, 3.05) is 5.32 Å². The Labute approximate surface area is 163 Å². The number of fused-ring (bicyclic) bond motifs is 1. The fourth-order valence-corrected chi connectivity index (χ4v) is 3.26. The third kappa shape index (κ3) is 4.28. The van der Waals surface area contributed by atoms with Crippen molar-refractivity contribution in [3.05, 3.63) is 46.1 Å². The maximum absolute atomic E-state index is 13.7. The van der Waals surface area contributed by atoms with Crippen molar-refractivity contribution in [3.63, 3.8) is 0 Å². The van der Waals surface area contributed by atoms with Gasteiger partial charge in [0, 0.05) is 23.0 Å². The predicted molar refractivity (Wildman–Crippen MR) is 99.7 cm³/mol. The van der Waals surface area contributed by atoms with E-state index in [4.69, 9.17) is 0 Å². The number of aromatic nitrogens is 2. The summed E-state index contributed by atoms with van der Waals surface area (Å²) in [5.41, 5.74) is 0.717. The van der Waals surface area contributed by atoms with Gasteiger partial charge in [-0.1, -0.05) is 35.0 Å². The SMILES string of the molecule is CCC(C)NC(=O)c1cc2n(n1)C(C(F)(F)F)CC(c1ccc(Br)cc1)N2. The van der Waals surface area contributed by atoms with Crippen LogP contribution >= 0.6 is 15.9 Å². The highest BCUT2D eigenvalue weighted by Gasteiger charge is 2.46. The Morgan fingerprint density at radius 1 is 1.41 bits per heavy atom. The van der Waals surface area contributed by atoms with Crippen LogP contribution in [0.1, 0.15) is 54.8 Å². The topological polar surface area (TPSA) is 59.0 Å². The van der Waals surface area contributed by atoms with Gasteiger partial charge in [0.2, 0.25) is 0 Å². The Morgan fingerprint density at radius 3 is 2.67 bits per heavy atom. The molecule has 0 fully saturated rings. The van der Waals surface area contributed by atoms with Gasteiger partial charge in [0.15, 0.2) is 11.7 Å². The molecular weight excluding hydrogens is 425 g/mol. The molecule has 1 aliphatic rings. The smallest absolute Gasteiger partial charge is 0.363 e. The third-order valence-electron chi connectivity index (χ3n) is 4.68. The van der Waals surface area contributed by atoms with E-state index in [0.29, 0.717) is 6.42 Å². The van der Waals surface area contributed by atoms with Gasteiger partial charge in [-0.2, -0.15) is 18.3 Å². The van der Waals surface area contributed by atoms with Gasteiger partial charge in [-0.15, -0.1) is 0 Å². The van der Waals surface area contributed by atoms with Gasteiger partial charge >= 0.3 is 6.18 Å². The molecular formula is C18H20BrF3N4O. The molecule has 3 unspecified atom stereocenters. The zero-order chi connectivity index (χ0) is 19.8. The van der Waals surface area contributed by atoms with Crippen LogP contribution in [0.2, 0.25) is 0 Å². The van der Waals surface area contributed by atoms with E-state index in [2.05, 4.69) is 31.7 Å². The standard InChI is InChI=1S/C18H20BrF3N4O/c1-3-10(2)23-17(27)14-9-16-24-13(11-4-6-12(19)7-5-11)8-15(18(20,21)22)26(16)25-14/h4-7,9-10,13,15,24H,3,8H2,1-2H3,(H,23,27). The predicted octanol–water partition coefficient (Wildman–Crippen LogP) is 4.83. The van der Waals surface area contributed by atoms with Gasteiger partial charge in [-0.05, 0) is 31.0 Å². The summed E-state index contributed by atoms with van der Waals surface area (Å²) in [6, 6.07) is 6.09. The fraction of sp³-hybridized carbons (Fsp3) is 0.444. The first-order chi connectivity index (χ1) is 12.7. The molecule has 27 heavy (non-hydrogen) atoms. The number of halogens is 4. The Balaban J connectivity index is 1.93. The molecule has 2 heterocycles. The van der Waals surface area contributed by atoms with Gasteiger partial charge in [-0.25, -0.2) is 4.68 Å². The van der Waals surface area contributed by atoms with Crippen LogP contribution < -0.4 is 10.6 Å². The molecule has 3 atom stereocenters. The average Bonchev–Trinajstić information content (AvgIpc) is 3.04. The molecule has 0 saturated carbocycles. The van der Waals surface area contributed by atoms with Crippen LogP contribution in [0.15, 0.2) is 34.8 Å². The molecule has 3 rings (SSSR count). The van der Waals surface area contributed by atoms with Gasteiger partial charge in [-0.3, -0.25) is 4.79 Å². The minimum atomic E-state index is -4.47. The molecule has 1 aromatic carbocycles. The first-order valence-electron chi connectivity index (χ1n) is 8.68. The van der Waals surface area contributed by atoms with Crippen molar-refractivity contribution < 1.29 is 18.0 Å². The van der Waals surface area contributed by atoms with Crippen LogP contribution in [-0.4, -0.2) is 27.9 Å². The second kappa shape index (κ2) is 7.53. The summed E-state index contributed by atoms with van der Waals surface area (Å²) in [4.78, 5) is 12.3. The number of carbonyl (C=O) groups is 1. The number of nitrogens with one attached hydrogen (secondary N) is 2. The van der Waals surface area contributed by atoms with Crippen molar-refractivity contribution in [2.45, 2.75) is 51.0 Å². The van der Waals surface area contributed by atoms with Crippen LogP contribution in [0, 0.1) is 0 Å². The summed E-state index contributed by atoms with van der Waals surface area (Å²) in [7, 11) is 0. The molecule has 0 saturated heterocycles. The highest BCUT2D eigenvalue weighted by Crippen LogP contribution is 2.43. The van der Waals surface area contributed by atoms with E-state index in [1.165, 1.54) is 6.07 Å². The molecule has 146 valence electrons. The quantitative estimate of drug-likeness (QED) is 0.709. The van der Waals surface area contributed by atoms with Crippen LogP contribution in [0.5, 0.6) is 0 Å². The number of carbonyl (C=O) groups excluding carboxylic acids is 1. The molecule has 1 aromatic heterocycles.